The van der Waals surface area contributed by atoms with Crippen LogP contribution in [0.1, 0.15) is 43.0 Å². The van der Waals surface area contributed by atoms with Crippen LogP contribution in [0, 0.1) is 5.41 Å². The molecule has 0 saturated heterocycles. The SMILES string of the molecule is CC(C)Nc1ncc(C2C=C(NS(=O)(=O)c3cccs3)C=C(N)C2)n(CC(=O)NCc2ccc(C(=N)N)cc2)c1=O. The number of benzene rings is 1. The molecule has 0 saturated carbocycles. The first-order valence-corrected chi connectivity index (χ1v) is 15.1. The van der Waals surface area contributed by atoms with Crippen LogP contribution in [0.3, 0.4) is 0 Å². The van der Waals surface area contributed by atoms with Gasteiger partial charge in [0.1, 0.15) is 16.6 Å². The van der Waals surface area contributed by atoms with Crippen LogP contribution in [-0.2, 0) is 27.9 Å². The Hall–Kier alpha value is -4.43. The van der Waals surface area contributed by atoms with Gasteiger partial charge in [0.05, 0.1) is 0 Å². The molecule has 1 unspecified atom stereocenters. The van der Waals surface area contributed by atoms with Crippen LogP contribution in [-0.4, -0.2) is 35.8 Å². The van der Waals surface area contributed by atoms with Crippen molar-refractivity contribution in [3.8, 4) is 0 Å². The van der Waals surface area contributed by atoms with Crippen molar-refractivity contribution in [3.63, 3.8) is 0 Å². The Balaban J connectivity index is 1.61. The predicted octanol–water partition coefficient (Wildman–Crippen LogP) is 1.92. The van der Waals surface area contributed by atoms with E-state index in [0.29, 0.717) is 23.4 Å². The van der Waals surface area contributed by atoms with E-state index in [-0.39, 0.29) is 40.7 Å². The lowest BCUT2D eigenvalue weighted by molar-refractivity contribution is -0.121. The van der Waals surface area contributed by atoms with Gasteiger partial charge in [-0.3, -0.25) is 24.3 Å². The Morgan fingerprint density at radius 3 is 2.61 bits per heavy atom. The number of rotatable bonds is 11. The van der Waals surface area contributed by atoms with Crippen molar-refractivity contribution < 1.29 is 13.2 Å². The third kappa shape index (κ3) is 7.41. The van der Waals surface area contributed by atoms with E-state index < -0.39 is 27.4 Å². The maximum absolute atomic E-state index is 13.5. The van der Waals surface area contributed by atoms with Crippen LogP contribution in [0.4, 0.5) is 5.82 Å². The lowest BCUT2D eigenvalue weighted by Gasteiger charge is -2.24. The second kappa shape index (κ2) is 12.4. The minimum absolute atomic E-state index is 0.0503. The van der Waals surface area contributed by atoms with Crippen LogP contribution < -0.4 is 32.4 Å². The van der Waals surface area contributed by atoms with Gasteiger partial charge in [-0.15, -0.1) is 11.3 Å². The number of allylic oxidation sites excluding steroid dienone is 3. The van der Waals surface area contributed by atoms with E-state index in [1.54, 1.807) is 41.8 Å². The van der Waals surface area contributed by atoms with Crippen LogP contribution in [0.2, 0.25) is 0 Å². The summed E-state index contributed by atoms with van der Waals surface area (Å²) in [4.78, 5) is 30.8. The molecule has 0 radical (unpaired) electrons. The number of sulfonamides is 1. The molecule has 216 valence electrons. The van der Waals surface area contributed by atoms with Crippen LogP contribution in [0.15, 0.2) is 80.5 Å². The van der Waals surface area contributed by atoms with E-state index in [0.717, 1.165) is 16.9 Å². The van der Waals surface area contributed by atoms with Gasteiger partial charge in [0.2, 0.25) is 5.91 Å². The summed E-state index contributed by atoms with van der Waals surface area (Å²) in [7, 11) is -3.82. The highest BCUT2D eigenvalue weighted by Crippen LogP contribution is 2.29. The molecule has 14 heteroatoms. The summed E-state index contributed by atoms with van der Waals surface area (Å²) in [5.74, 6) is -0.891. The standard InChI is InChI=1S/C27H32N8O4S2/c1-16(2)33-26-27(37)35(15-23(36)31-13-17-5-7-18(8-6-17)25(29)30)22(14-32-26)19-10-20(28)12-21(11-19)34-41(38,39)24-4-3-9-40-24/h3-9,11-12,14,16,19,34H,10,13,15,28H2,1-2H3,(H3,29,30)(H,31,36)(H,32,33). The number of hydrogen-bond donors (Lipinski definition) is 6. The molecule has 1 aromatic carbocycles. The number of thiophene rings is 1. The van der Waals surface area contributed by atoms with Crippen molar-refractivity contribution in [3.05, 3.63) is 98.7 Å². The minimum atomic E-state index is -3.82. The molecule has 1 atom stereocenters. The fraction of sp³-hybridized carbons (Fsp3) is 0.259. The van der Waals surface area contributed by atoms with Crippen molar-refractivity contribution in [2.45, 2.75) is 49.5 Å². The number of nitrogens with two attached hydrogens (primary N) is 2. The van der Waals surface area contributed by atoms with Crippen molar-refractivity contribution in [1.29, 1.82) is 5.41 Å². The van der Waals surface area contributed by atoms with Crippen LogP contribution >= 0.6 is 11.3 Å². The van der Waals surface area contributed by atoms with E-state index in [2.05, 4.69) is 20.3 Å². The monoisotopic (exact) mass is 596 g/mol. The van der Waals surface area contributed by atoms with Gasteiger partial charge < -0.3 is 22.1 Å². The number of anilines is 1. The number of amides is 1. The molecule has 4 rings (SSSR count). The zero-order chi connectivity index (χ0) is 29.7. The third-order valence-corrected chi connectivity index (χ3v) is 8.92. The van der Waals surface area contributed by atoms with Gasteiger partial charge in [0.15, 0.2) is 5.82 Å². The summed E-state index contributed by atoms with van der Waals surface area (Å²) in [5.41, 5.74) is 13.6. The maximum atomic E-state index is 13.5. The van der Waals surface area contributed by atoms with Crippen molar-refractivity contribution in [1.82, 2.24) is 19.6 Å². The fourth-order valence-corrected chi connectivity index (χ4v) is 6.29. The zero-order valence-electron chi connectivity index (χ0n) is 22.5. The topological polar surface area (TPSA) is 198 Å². The molecule has 8 N–H and O–H groups in total. The van der Waals surface area contributed by atoms with E-state index >= 15 is 0 Å². The number of nitrogens with zero attached hydrogens (tertiary/aromatic N) is 2. The number of carbonyl (C=O) groups is 1. The molecule has 2 heterocycles. The summed E-state index contributed by atoms with van der Waals surface area (Å²) < 4.78 is 29.7. The zero-order valence-corrected chi connectivity index (χ0v) is 24.2. The van der Waals surface area contributed by atoms with Gasteiger partial charge in [-0.25, -0.2) is 13.4 Å². The average molecular weight is 597 g/mol. The molecular weight excluding hydrogens is 564 g/mol. The molecule has 0 fully saturated rings. The lowest BCUT2D eigenvalue weighted by Crippen LogP contribution is -2.36. The van der Waals surface area contributed by atoms with E-state index in [1.165, 1.54) is 22.9 Å². The summed E-state index contributed by atoms with van der Waals surface area (Å²) in [6.07, 6.45) is 5.01. The second-order valence-electron chi connectivity index (χ2n) is 9.80. The van der Waals surface area contributed by atoms with Crippen molar-refractivity contribution >= 4 is 38.9 Å². The van der Waals surface area contributed by atoms with E-state index in [1.807, 2.05) is 13.8 Å². The lowest BCUT2D eigenvalue weighted by atomic mass is 9.93. The number of amidine groups is 1. The Morgan fingerprint density at radius 1 is 1.24 bits per heavy atom. The Labute approximate surface area is 241 Å². The second-order valence-corrected chi connectivity index (χ2v) is 12.7. The number of aromatic nitrogens is 2. The van der Waals surface area contributed by atoms with E-state index in [4.69, 9.17) is 16.9 Å². The smallest absolute Gasteiger partial charge is 0.294 e. The summed E-state index contributed by atoms with van der Waals surface area (Å²) in [6, 6.07) is 9.96. The molecule has 1 aliphatic carbocycles. The van der Waals surface area contributed by atoms with Gasteiger partial charge in [0, 0.05) is 47.4 Å². The molecule has 41 heavy (non-hydrogen) atoms. The fourth-order valence-electron chi connectivity index (χ4n) is 4.25. The summed E-state index contributed by atoms with van der Waals surface area (Å²) in [6.45, 7) is 3.64. The third-order valence-electron chi connectivity index (χ3n) is 6.14. The highest BCUT2D eigenvalue weighted by atomic mass is 32.2. The molecular formula is C27H32N8O4S2. The molecule has 12 nitrogen and oxygen atoms in total. The quantitative estimate of drug-likeness (QED) is 0.142. The largest absolute Gasteiger partial charge is 0.402 e. The first kappa shape index (κ1) is 29.6. The first-order chi connectivity index (χ1) is 19.4. The Morgan fingerprint density at radius 2 is 1.98 bits per heavy atom. The van der Waals surface area contributed by atoms with Crippen molar-refractivity contribution in [2.75, 3.05) is 5.32 Å². The average Bonchev–Trinajstić information content (AvgIpc) is 3.46. The minimum Gasteiger partial charge on any atom is -0.402 e. The number of carbonyl (C=O) groups excluding carboxylic acids is 1. The number of hydrogen-bond acceptors (Lipinski definition) is 9. The molecule has 1 aliphatic rings. The molecule has 0 bridgehead atoms. The van der Waals surface area contributed by atoms with Gasteiger partial charge in [-0.05, 0) is 43.4 Å². The number of nitrogen functional groups attached to an aromatic ring is 1. The molecule has 0 spiro atoms. The van der Waals surface area contributed by atoms with Crippen LogP contribution in [0.5, 0.6) is 0 Å². The van der Waals surface area contributed by atoms with Gasteiger partial charge >= 0.3 is 0 Å². The first-order valence-electron chi connectivity index (χ1n) is 12.7. The predicted molar refractivity (Wildman–Crippen MR) is 159 cm³/mol. The van der Waals surface area contributed by atoms with Gasteiger partial charge in [-0.2, -0.15) is 0 Å². The molecule has 1 amide bonds. The number of nitrogens with one attached hydrogen (secondary N) is 4. The van der Waals surface area contributed by atoms with Crippen molar-refractivity contribution in [2.24, 2.45) is 11.5 Å². The molecule has 0 aliphatic heterocycles. The summed E-state index contributed by atoms with van der Waals surface area (Å²) in [5, 5.41) is 15.0. The van der Waals surface area contributed by atoms with E-state index in [9.17, 15) is 18.0 Å². The van der Waals surface area contributed by atoms with Gasteiger partial charge in [-0.1, -0.05) is 36.4 Å². The molecule has 3 aromatic rings. The van der Waals surface area contributed by atoms with Gasteiger partial charge in [0.25, 0.3) is 15.6 Å². The highest BCUT2D eigenvalue weighted by Gasteiger charge is 2.25. The summed E-state index contributed by atoms with van der Waals surface area (Å²) >= 11 is 1.09. The molecule has 2 aromatic heterocycles. The Bertz CT molecular complexity index is 1660. The highest BCUT2D eigenvalue weighted by molar-refractivity contribution is 7.91. The maximum Gasteiger partial charge on any atom is 0.294 e. The Kier molecular flexibility index (Phi) is 8.93. The van der Waals surface area contributed by atoms with Crippen LogP contribution in [0.25, 0.3) is 0 Å². The normalized spacial score (nSPS) is 15.1.